The fourth-order valence-corrected chi connectivity index (χ4v) is 6.31. The molecule has 0 aromatic carbocycles. The van der Waals surface area contributed by atoms with Crippen LogP contribution >= 0.6 is 0 Å². The Kier molecular flexibility index (Phi) is 7.32. The van der Waals surface area contributed by atoms with Gasteiger partial charge in [0.15, 0.2) is 0 Å². The molecule has 0 saturated heterocycles. The number of ether oxygens (including phenoxy) is 1. The number of hydrogen-bond acceptors (Lipinski definition) is 1. The zero-order valence-corrected chi connectivity index (χ0v) is 16.4. The summed E-state index contributed by atoms with van der Waals surface area (Å²) in [6.45, 7) is 2.30. The third-order valence-corrected chi connectivity index (χ3v) is 7.76. The molecule has 0 heterocycles. The fraction of sp³-hybridized carbons (Fsp3) is 1.00. The van der Waals surface area contributed by atoms with Crippen LogP contribution in [0.4, 0.5) is 13.2 Å². The monoisotopic (exact) mass is 374 g/mol. The van der Waals surface area contributed by atoms with Crippen LogP contribution in [0.1, 0.15) is 96.8 Å². The molecule has 0 aliphatic heterocycles. The predicted octanol–water partition coefficient (Wildman–Crippen LogP) is 7.49. The lowest BCUT2D eigenvalue weighted by molar-refractivity contribution is -0.346. The van der Waals surface area contributed by atoms with E-state index < -0.39 is 12.5 Å². The lowest BCUT2D eigenvalue weighted by atomic mass is 9.65. The van der Waals surface area contributed by atoms with Gasteiger partial charge in [0.05, 0.1) is 6.10 Å². The summed E-state index contributed by atoms with van der Waals surface area (Å²) in [6, 6.07) is 0. The summed E-state index contributed by atoms with van der Waals surface area (Å²) in [5.74, 6) is 4.28. The van der Waals surface area contributed by atoms with Crippen LogP contribution in [-0.2, 0) is 4.74 Å². The normalized spacial score (nSPS) is 39.7. The second-order valence-electron chi connectivity index (χ2n) is 9.34. The molecule has 26 heavy (non-hydrogen) atoms. The highest BCUT2D eigenvalue weighted by Crippen LogP contribution is 2.46. The zero-order chi connectivity index (χ0) is 18.6. The first-order chi connectivity index (χ1) is 12.4. The van der Waals surface area contributed by atoms with Crippen molar-refractivity contribution in [2.75, 3.05) is 0 Å². The highest BCUT2D eigenvalue weighted by Gasteiger charge is 2.38. The van der Waals surface area contributed by atoms with E-state index in [0.29, 0.717) is 18.8 Å². The molecule has 3 aliphatic rings. The first-order valence-electron chi connectivity index (χ1n) is 11.2. The number of rotatable bonds is 5. The summed E-state index contributed by atoms with van der Waals surface area (Å²) in [6.07, 6.45) is 11.9. The van der Waals surface area contributed by atoms with Crippen LogP contribution in [0.2, 0.25) is 0 Å². The maximum Gasteiger partial charge on any atom is 0.522 e. The molecule has 1 nitrogen and oxygen atoms in total. The summed E-state index contributed by atoms with van der Waals surface area (Å²) in [5, 5.41) is 0. The Balaban J connectivity index is 1.36. The van der Waals surface area contributed by atoms with E-state index in [2.05, 4.69) is 11.7 Å². The van der Waals surface area contributed by atoms with E-state index >= 15 is 0 Å². The molecule has 0 aromatic rings. The third kappa shape index (κ3) is 5.87. The summed E-state index contributed by atoms with van der Waals surface area (Å²) < 4.78 is 41.3. The Morgan fingerprint density at radius 2 is 1.04 bits per heavy atom. The van der Waals surface area contributed by atoms with E-state index in [4.69, 9.17) is 0 Å². The van der Waals surface area contributed by atoms with Crippen LogP contribution in [0.15, 0.2) is 0 Å². The van der Waals surface area contributed by atoms with Crippen molar-refractivity contribution < 1.29 is 17.9 Å². The molecular formula is C22H37F3O. The average Bonchev–Trinajstić information content (AvgIpc) is 2.62. The Bertz CT molecular complexity index is 398. The van der Waals surface area contributed by atoms with Gasteiger partial charge < -0.3 is 0 Å². The van der Waals surface area contributed by atoms with Gasteiger partial charge in [0.1, 0.15) is 0 Å². The van der Waals surface area contributed by atoms with Gasteiger partial charge >= 0.3 is 6.36 Å². The van der Waals surface area contributed by atoms with Crippen molar-refractivity contribution in [1.29, 1.82) is 0 Å². The fourth-order valence-electron chi connectivity index (χ4n) is 6.31. The first-order valence-corrected chi connectivity index (χ1v) is 11.2. The molecule has 3 fully saturated rings. The van der Waals surface area contributed by atoms with Gasteiger partial charge in [-0.1, -0.05) is 32.6 Å². The van der Waals surface area contributed by atoms with Crippen LogP contribution < -0.4 is 0 Å². The third-order valence-electron chi connectivity index (χ3n) is 7.76. The standard InChI is InChI=1S/C22H37F3O/c1-2-3-16-4-6-17(7-5-16)18-8-10-19(11-9-18)20-12-14-21(15-13-20)26-22(23,24)25/h16-21H,2-15H2,1H3. The molecule has 3 aliphatic carbocycles. The van der Waals surface area contributed by atoms with E-state index in [0.717, 1.165) is 36.5 Å². The van der Waals surface area contributed by atoms with Crippen molar-refractivity contribution >= 4 is 0 Å². The topological polar surface area (TPSA) is 9.23 Å². The largest absolute Gasteiger partial charge is 0.522 e. The maximum absolute atomic E-state index is 12.4. The van der Waals surface area contributed by atoms with E-state index in [1.165, 1.54) is 64.2 Å². The molecule has 3 saturated carbocycles. The highest BCUT2D eigenvalue weighted by molar-refractivity contribution is 4.86. The molecule has 0 spiro atoms. The van der Waals surface area contributed by atoms with Crippen molar-refractivity contribution in [3.63, 3.8) is 0 Å². The zero-order valence-electron chi connectivity index (χ0n) is 16.4. The molecule has 0 unspecified atom stereocenters. The number of halogens is 3. The minimum atomic E-state index is -4.47. The summed E-state index contributed by atoms with van der Waals surface area (Å²) in [5.41, 5.74) is 0. The van der Waals surface area contributed by atoms with Gasteiger partial charge in [0, 0.05) is 0 Å². The van der Waals surface area contributed by atoms with Gasteiger partial charge in [-0.05, 0) is 93.8 Å². The lowest BCUT2D eigenvalue weighted by Gasteiger charge is -2.41. The molecular weight excluding hydrogens is 337 g/mol. The quantitative estimate of drug-likeness (QED) is 0.484. The summed E-state index contributed by atoms with van der Waals surface area (Å²) in [4.78, 5) is 0. The van der Waals surface area contributed by atoms with Crippen LogP contribution in [-0.4, -0.2) is 12.5 Å². The average molecular weight is 375 g/mol. The molecule has 0 bridgehead atoms. The Hall–Kier alpha value is -0.250. The van der Waals surface area contributed by atoms with Crippen molar-refractivity contribution in [3.8, 4) is 0 Å². The Morgan fingerprint density at radius 1 is 0.654 bits per heavy atom. The van der Waals surface area contributed by atoms with Gasteiger partial charge in [-0.15, -0.1) is 13.2 Å². The SMILES string of the molecule is CCCC1CCC(C2CCC(C3CCC(OC(F)(F)F)CC3)CC2)CC1. The molecule has 0 amide bonds. The lowest BCUT2D eigenvalue weighted by Crippen LogP contribution is -2.32. The summed E-state index contributed by atoms with van der Waals surface area (Å²) >= 11 is 0. The highest BCUT2D eigenvalue weighted by atomic mass is 19.4. The number of alkyl halides is 3. The molecule has 0 radical (unpaired) electrons. The van der Waals surface area contributed by atoms with Gasteiger partial charge in [-0.25, -0.2) is 0 Å². The molecule has 0 N–H and O–H groups in total. The van der Waals surface area contributed by atoms with Crippen molar-refractivity contribution in [1.82, 2.24) is 0 Å². The van der Waals surface area contributed by atoms with Crippen molar-refractivity contribution in [2.24, 2.45) is 29.6 Å². The first kappa shape index (κ1) is 20.5. The molecule has 152 valence electrons. The van der Waals surface area contributed by atoms with Gasteiger partial charge in [0.2, 0.25) is 0 Å². The Labute approximate surface area is 157 Å². The van der Waals surface area contributed by atoms with Gasteiger partial charge in [0.25, 0.3) is 0 Å². The smallest absolute Gasteiger partial charge is 0.289 e. The van der Waals surface area contributed by atoms with Crippen LogP contribution in [0.25, 0.3) is 0 Å². The Morgan fingerprint density at radius 3 is 1.42 bits per heavy atom. The van der Waals surface area contributed by atoms with Gasteiger partial charge in [-0.3, -0.25) is 4.74 Å². The minimum absolute atomic E-state index is 0.589. The minimum Gasteiger partial charge on any atom is -0.289 e. The van der Waals surface area contributed by atoms with E-state index in [-0.39, 0.29) is 0 Å². The molecule has 0 aromatic heterocycles. The predicted molar refractivity (Wildman–Crippen MR) is 98.7 cm³/mol. The maximum atomic E-state index is 12.4. The van der Waals surface area contributed by atoms with Crippen molar-refractivity contribution in [2.45, 2.75) is 109 Å². The second kappa shape index (κ2) is 9.30. The van der Waals surface area contributed by atoms with Crippen LogP contribution in [0.5, 0.6) is 0 Å². The summed E-state index contributed by atoms with van der Waals surface area (Å²) in [7, 11) is 0. The number of hydrogen-bond donors (Lipinski definition) is 0. The van der Waals surface area contributed by atoms with E-state index in [9.17, 15) is 13.2 Å². The molecule has 3 rings (SSSR count). The molecule has 4 heteroatoms. The molecule has 0 atom stereocenters. The van der Waals surface area contributed by atoms with Crippen LogP contribution in [0.3, 0.4) is 0 Å². The van der Waals surface area contributed by atoms with E-state index in [1.54, 1.807) is 0 Å². The van der Waals surface area contributed by atoms with E-state index in [1.807, 2.05) is 0 Å². The van der Waals surface area contributed by atoms with Crippen LogP contribution in [0, 0.1) is 29.6 Å². The second-order valence-corrected chi connectivity index (χ2v) is 9.34. The van der Waals surface area contributed by atoms with Gasteiger partial charge in [-0.2, -0.15) is 0 Å². The van der Waals surface area contributed by atoms with Crippen molar-refractivity contribution in [3.05, 3.63) is 0 Å².